The highest BCUT2D eigenvalue weighted by Gasteiger charge is 2.43. The lowest BCUT2D eigenvalue weighted by Gasteiger charge is -2.25. The molecule has 0 N–H and O–H groups in total. The van der Waals surface area contributed by atoms with Gasteiger partial charge in [0.05, 0.1) is 23.6 Å². The van der Waals surface area contributed by atoms with Crippen molar-refractivity contribution in [1.29, 1.82) is 0 Å². The largest absolute Gasteiger partial charge is 0.494 e. The van der Waals surface area contributed by atoms with Gasteiger partial charge in [-0.15, -0.1) is 0 Å². The fourth-order valence-electron chi connectivity index (χ4n) is 4.04. The van der Waals surface area contributed by atoms with Crippen LogP contribution >= 0.6 is 11.6 Å². The summed E-state index contributed by atoms with van der Waals surface area (Å²) in [4.78, 5) is 28.5. The van der Waals surface area contributed by atoms with Gasteiger partial charge in [0.25, 0.3) is 5.91 Å². The first kappa shape index (κ1) is 20.3. The normalized spacial score (nSPS) is 15.3. The lowest BCUT2D eigenvalue weighted by molar-refractivity contribution is 0.0971. The van der Waals surface area contributed by atoms with E-state index in [-0.39, 0.29) is 27.7 Å². The highest BCUT2D eigenvalue weighted by atomic mass is 35.5. The van der Waals surface area contributed by atoms with E-state index in [4.69, 9.17) is 20.8 Å². The number of halogens is 2. The van der Waals surface area contributed by atoms with Gasteiger partial charge < -0.3 is 9.15 Å². The third-order valence-electron chi connectivity index (χ3n) is 5.44. The van der Waals surface area contributed by atoms with Gasteiger partial charge in [-0.1, -0.05) is 23.7 Å². The number of ether oxygens (including phenoxy) is 1. The van der Waals surface area contributed by atoms with Gasteiger partial charge in [-0.2, -0.15) is 0 Å². The lowest BCUT2D eigenvalue weighted by Crippen LogP contribution is -2.29. The van der Waals surface area contributed by atoms with E-state index in [0.29, 0.717) is 28.6 Å². The van der Waals surface area contributed by atoms with Gasteiger partial charge in [-0.05, 0) is 67.1 Å². The first-order chi connectivity index (χ1) is 15.5. The van der Waals surface area contributed by atoms with Gasteiger partial charge in [-0.25, -0.2) is 4.39 Å². The standard InChI is InChI=1S/C25H17ClFNO4/c1-2-31-18-10-8-17(9-11-18)28-22(14-3-6-16(27)7-4-14)21-23(29)19-13-15(26)5-12-20(19)32-24(21)25(28)30/h3-13,22H,2H2,1H3. The summed E-state index contributed by atoms with van der Waals surface area (Å²) in [5.74, 6) is -0.239. The molecule has 0 radical (unpaired) electrons. The van der Waals surface area contributed by atoms with Gasteiger partial charge in [0, 0.05) is 10.7 Å². The van der Waals surface area contributed by atoms with Crippen LogP contribution in [-0.2, 0) is 0 Å². The van der Waals surface area contributed by atoms with Crippen molar-refractivity contribution >= 4 is 34.2 Å². The molecule has 1 atom stereocenters. The molecule has 0 aliphatic carbocycles. The van der Waals surface area contributed by atoms with E-state index in [1.54, 1.807) is 48.5 Å². The molecule has 1 amide bonds. The number of hydrogen-bond donors (Lipinski definition) is 0. The van der Waals surface area contributed by atoms with Crippen molar-refractivity contribution in [3.63, 3.8) is 0 Å². The zero-order valence-corrected chi connectivity index (χ0v) is 17.7. The number of rotatable bonds is 4. The summed E-state index contributed by atoms with van der Waals surface area (Å²) in [6, 6.07) is 16.6. The van der Waals surface area contributed by atoms with Crippen molar-refractivity contribution in [3.05, 3.63) is 105 Å². The molecule has 7 heteroatoms. The van der Waals surface area contributed by atoms with Gasteiger partial charge >= 0.3 is 0 Å². The minimum Gasteiger partial charge on any atom is -0.494 e. The van der Waals surface area contributed by atoms with E-state index in [0.717, 1.165) is 0 Å². The third-order valence-corrected chi connectivity index (χ3v) is 5.68. The van der Waals surface area contributed by atoms with Gasteiger partial charge in [-0.3, -0.25) is 14.5 Å². The molecular weight excluding hydrogens is 433 g/mol. The first-order valence-corrected chi connectivity index (χ1v) is 10.4. The lowest BCUT2D eigenvalue weighted by atomic mass is 9.98. The number of carbonyl (C=O) groups is 1. The van der Waals surface area contributed by atoms with Crippen LogP contribution in [0.1, 0.15) is 34.6 Å². The maximum atomic E-state index is 13.6. The Hall–Kier alpha value is -3.64. The predicted octanol–water partition coefficient (Wildman–Crippen LogP) is 5.73. The van der Waals surface area contributed by atoms with Gasteiger partial charge in [0.2, 0.25) is 5.76 Å². The predicted molar refractivity (Wildman–Crippen MR) is 120 cm³/mol. The molecule has 4 aromatic rings. The summed E-state index contributed by atoms with van der Waals surface area (Å²) in [5.41, 5.74) is 1.27. The molecule has 1 aromatic heterocycles. The van der Waals surface area contributed by atoms with Crippen LogP contribution in [0.3, 0.4) is 0 Å². The maximum absolute atomic E-state index is 13.6. The van der Waals surface area contributed by atoms with Crippen LogP contribution in [0.2, 0.25) is 5.02 Å². The summed E-state index contributed by atoms with van der Waals surface area (Å²) in [5, 5.41) is 0.667. The molecule has 3 aromatic carbocycles. The Labute approximate surface area is 187 Å². The van der Waals surface area contributed by atoms with Crippen LogP contribution < -0.4 is 15.1 Å². The molecule has 1 aliphatic heterocycles. The summed E-state index contributed by atoms with van der Waals surface area (Å²) in [6.07, 6.45) is 0. The molecule has 0 saturated carbocycles. The van der Waals surface area contributed by atoms with E-state index in [1.807, 2.05) is 6.92 Å². The maximum Gasteiger partial charge on any atom is 0.295 e. The van der Waals surface area contributed by atoms with Crippen molar-refractivity contribution in [2.24, 2.45) is 0 Å². The molecule has 2 heterocycles. The SMILES string of the molecule is CCOc1ccc(N2C(=O)c3oc4ccc(Cl)cc4c(=O)c3C2c2ccc(F)cc2)cc1. The quantitative estimate of drug-likeness (QED) is 0.399. The first-order valence-electron chi connectivity index (χ1n) is 10.1. The number of hydrogen-bond acceptors (Lipinski definition) is 4. The highest BCUT2D eigenvalue weighted by Crippen LogP contribution is 2.41. The molecule has 0 spiro atoms. The van der Waals surface area contributed by atoms with Crippen LogP contribution in [0.25, 0.3) is 11.0 Å². The van der Waals surface area contributed by atoms with Crippen molar-refractivity contribution < 1.29 is 18.3 Å². The number of carbonyl (C=O) groups excluding carboxylic acids is 1. The van der Waals surface area contributed by atoms with Crippen LogP contribution in [0, 0.1) is 5.82 Å². The molecule has 5 nitrogen and oxygen atoms in total. The van der Waals surface area contributed by atoms with Gasteiger partial charge in [0.1, 0.15) is 17.1 Å². The molecule has 0 fully saturated rings. The number of anilines is 1. The second-order valence-electron chi connectivity index (χ2n) is 7.37. The Morgan fingerprint density at radius 3 is 2.44 bits per heavy atom. The molecule has 1 aliphatic rings. The average molecular weight is 450 g/mol. The van der Waals surface area contributed by atoms with Crippen LogP contribution in [0.15, 0.2) is 75.9 Å². The van der Waals surface area contributed by atoms with E-state index < -0.39 is 17.8 Å². The summed E-state index contributed by atoms with van der Waals surface area (Å²) in [6.45, 7) is 2.40. The molecule has 0 saturated heterocycles. The van der Waals surface area contributed by atoms with Gasteiger partial charge in [0.15, 0.2) is 5.43 Å². The molecule has 0 bridgehead atoms. The molecular formula is C25H17ClFNO4. The zero-order valence-electron chi connectivity index (χ0n) is 17.0. The Bertz CT molecular complexity index is 1400. The monoisotopic (exact) mass is 449 g/mol. The van der Waals surface area contributed by atoms with Crippen molar-refractivity contribution in [2.45, 2.75) is 13.0 Å². The molecule has 1 unspecified atom stereocenters. The van der Waals surface area contributed by atoms with Crippen LogP contribution in [0.5, 0.6) is 5.75 Å². The van der Waals surface area contributed by atoms with E-state index >= 15 is 0 Å². The second-order valence-corrected chi connectivity index (χ2v) is 7.81. The Kier molecular flexibility index (Phi) is 4.94. The fourth-order valence-corrected chi connectivity index (χ4v) is 4.21. The minimum atomic E-state index is -0.782. The number of fused-ring (bicyclic) bond motifs is 2. The topological polar surface area (TPSA) is 59.8 Å². The smallest absolute Gasteiger partial charge is 0.295 e. The van der Waals surface area contributed by atoms with E-state index in [9.17, 15) is 14.0 Å². The Morgan fingerprint density at radius 2 is 1.75 bits per heavy atom. The number of benzene rings is 3. The third kappa shape index (κ3) is 3.24. The Balaban J connectivity index is 1.75. The van der Waals surface area contributed by atoms with E-state index in [2.05, 4.69) is 0 Å². The molecule has 160 valence electrons. The highest BCUT2D eigenvalue weighted by molar-refractivity contribution is 6.31. The second kappa shape index (κ2) is 7.80. The summed E-state index contributed by atoms with van der Waals surface area (Å²) in [7, 11) is 0. The fraction of sp³-hybridized carbons (Fsp3) is 0.120. The Morgan fingerprint density at radius 1 is 1.03 bits per heavy atom. The summed E-state index contributed by atoms with van der Waals surface area (Å²) >= 11 is 6.09. The van der Waals surface area contributed by atoms with E-state index in [1.165, 1.54) is 23.1 Å². The van der Waals surface area contributed by atoms with Crippen LogP contribution in [-0.4, -0.2) is 12.5 Å². The molecule has 32 heavy (non-hydrogen) atoms. The number of nitrogens with zero attached hydrogens (tertiary/aromatic N) is 1. The van der Waals surface area contributed by atoms with Crippen molar-refractivity contribution in [1.82, 2.24) is 0 Å². The van der Waals surface area contributed by atoms with Crippen molar-refractivity contribution in [2.75, 3.05) is 11.5 Å². The number of amides is 1. The van der Waals surface area contributed by atoms with Crippen LogP contribution in [0.4, 0.5) is 10.1 Å². The van der Waals surface area contributed by atoms with Crippen molar-refractivity contribution in [3.8, 4) is 5.75 Å². The average Bonchev–Trinajstić information content (AvgIpc) is 3.08. The molecule has 5 rings (SSSR count). The minimum absolute atomic E-state index is 0.0342. The zero-order chi connectivity index (χ0) is 22.4. The summed E-state index contributed by atoms with van der Waals surface area (Å²) < 4.78 is 25.0.